The summed E-state index contributed by atoms with van der Waals surface area (Å²) in [6.07, 6.45) is 2.48. The summed E-state index contributed by atoms with van der Waals surface area (Å²) >= 11 is 1.69. The first-order valence-electron chi connectivity index (χ1n) is 9.87. The number of hydrogen-bond acceptors (Lipinski definition) is 4. The summed E-state index contributed by atoms with van der Waals surface area (Å²) in [5.74, 6) is -0.107. The van der Waals surface area contributed by atoms with E-state index >= 15 is 0 Å². The molecule has 1 fully saturated rings. The summed E-state index contributed by atoms with van der Waals surface area (Å²) in [6, 6.07) is 21.7. The Morgan fingerprint density at radius 2 is 1.76 bits per heavy atom. The number of benzene rings is 3. The Bertz CT molecular complexity index is 1180. The second-order valence-electron chi connectivity index (χ2n) is 7.31. The van der Waals surface area contributed by atoms with Gasteiger partial charge in [-0.15, -0.1) is 11.3 Å². The van der Waals surface area contributed by atoms with Crippen LogP contribution in [0.1, 0.15) is 23.2 Å². The van der Waals surface area contributed by atoms with Crippen LogP contribution in [0.2, 0.25) is 0 Å². The molecule has 5 heteroatoms. The topological polar surface area (TPSA) is 45.2 Å². The third-order valence-electron chi connectivity index (χ3n) is 5.30. The fraction of sp³-hybridized carbons (Fsp3) is 0.167. The number of fused-ring (bicyclic) bond motifs is 1. The van der Waals surface area contributed by atoms with Crippen molar-refractivity contribution in [2.75, 3.05) is 23.3 Å². The molecule has 4 aromatic rings. The SMILES string of the molecule is O=C(Nc1cccc(-c2csc(N3CCCC3)n2)c1)c1ccc2ccccc2c1. The van der Waals surface area contributed by atoms with Gasteiger partial charge in [0.1, 0.15) is 0 Å². The maximum absolute atomic E-state index is 12.8. The summed E-state index contributed by atoms with van der Waals surface area (Å²) in [5, 5.41) is 8.39. The molecule has 0 saturated carbocycles. The van der Waals surface area contributed by atoms with Crippen LogP contribution >= 0.6 is 11.3 Å². The van der Waals surface area contributed by atoms with Crippen LogP contribution in [-0.2, 0) is 0 Å². The molecule has 1 aliphatic heterocycles. The highest BCUT2D eigenvalue weighted by atomic mass is 32.1. The van der Waals surface area contributed by atoms with E-state index in [9.17, 15) is 4.79 Å². The van der Waals surface area contributed by atoms with Crippen molar-refractivity contribution in [3.63, 3.8) is 0 Å². The van der Waals surface area contributed by atoms with Crippen LogP contribution in [0.25, 0.3) is 22.0 Å². The summed E-state index contributed by atoms with van der Waals surface area (Å²) in [5.41, 5.74) is 3.40. The molecule has 0 atom stereocenters. The van der Waals surface area contributed by atoms with Gasteiger partial charge in [0.05, 0.1) is 5.69 Å². The van der Waals surface area contributed by atoms with E-state index in [4.69, 9.17) is 4.98 Å². The maximum atomic E-state index is 12.8. The van der Waals surface area contributed by atoms with E-state index in [1.807, 2.05) is 66.7 Å². The van der Waals surface area contributed by atoms with Crippen molar-refractivity contribution in [1.82, 2.24) is 4.98 Å². The number of hydrogen-bond donors (Lipinski definition) is 1. The molecule has 1 aliphatic rings. The van der Waals surface area contributed by atoms with Gasteiger partial charge in [-0.05, 0) is 47.9 Å². The Morgan fingerprint density at radius 1 is 0.931 bits per heavy atom. The average molecular weight is 400 g/mol. The third kappa shape index (κ3) is 3.74. The summed E-state index contributed by atoms with van der Waals surface area (Å²) in [6.45, 7) is 2.18. The Hall–Kier alpha value is -3.18. The second-order valence-corrected chi connectivity index (χ2v) is 8.14. The van der Waals surface area contributed by atoms with Gasteiger partial charge in [-0.2, -0.15) is 0 Å². The predicted octanol–water partition coefficient (Wildman–Crippen LogP) is 5.82. The number of amides is 1. The average Bonchev–Trinajstić information content (AvgIpc) is 3.45. The lowest BCUT2D eigenvalue weighted by molar-refractivity contribution is 0.102. The Balaban J connectivity index is 1.36. The van der Waals surface area contributed by atoms with Gasteiger partial charge in [0.25, 0.3) is 5.91 Å². The molecule has 0 radical (unpaired) electrons. The van der Waals surface area contributed by atoms with E-state index in [0.717, 1.165) is 45.9 Å². The molecule has 1 amide bonds. The van der Waals surface area contributed by atoms with Gasteiger partial charge in [-0.25, -0.2) is 4.98 Å². The Kier molecular flexibility index (Phi) is 4.74. The molecule has 0 aliphatic carbocycles. The lowest BCUT2D eigenvalue weighted by Gasteiger charge is -2.12. The van der Waals surface area contributed by atoms with Gasteiger partial charge in [0.2, 0.25) is 0 Å². The van der Waals surface area contributed by atoms with E-state index in [2.05, 4.69) is 15.6 Å². The lowest BCUT2D eigenvalue weighted by atomic mass is 10.1. The number of aromatic nitrogens is 1. The van der Waals surface area contributed by atoms with E-state index < -0.39 is 0 Å². The Labute approximate surface area is 173 Å². The normalized spacial score (nSPS) is 13.7. The first-order chi connectivity index (χ1) is 14.3. The minimum atomic E-state index is -0.107. The van der Waals surface area contributed by atoms with Gasteiger partial charge < -0.3 is 10.2 Å². The molecule has 2 heterocycles. The molecule has 0 bridgehead atoms. The van der Waals surface area contributed by atoms with Gasteiger partial charge in [-0.1, -0.05) is 42.5 Å². The molecule has 1 aromatic heterocycles. The zero-order valence-corrected chi connectivity index (χ0v) is 16.8. The largest absolute Gasteiger partial charge is 0.348 e. The van der Waals surface area contributed by atoms with Crippen molar-refractivity contribution in [3.05, 3.63) is 77.7 Å². The molecule has 3 aromatic carbocycles. The second kappa shape index (κ2) is 7.68. The minimum absolute atomic E-state index is 0.107. The number of carbonyl (C=O) groups excluding carboxylic acids is 1. The number of anilines is 2. The number of nitrogens with one attached hydrogen (secondary N) is 1. The van der Waals surface area contributed by atoms with E-state index in [-0.39, 0.29) is 5.91 Å². The molecule has 0 unspecified atom stereocenters. The van der Waals surface area contributed by atoms with Crippen LogP contribution in [0.4, 0.5) is 10.8 Å². The molecular weight excluding hydrogens is 378 g/mol. The lowest BCUT2D eigenvalue weighted by Crippen LogP contribution is -2.17. The van der Waals surface area contributed by atoms with Crippen molar-refractivity contribution >= 4 is 38.8 Å². The van der Waals surface area contributed by atoms with E-state index in [0.29, 0.717) is 5.56 Å². The molecule has 4 nitrogen and oxygen atoms in total. The first-order valence-corrected chi connectivity index (χ1v) is 10.8. The highest BCUT2D eigenvalue weighted by molar-refractivity contribution is 7.14. The van der Waals surface area contributed by atoms with Crippen molar-refractivity contribution < 1.29 is 4.79 Å². The van der Waals surface area contributed by atoms with E-state index in [1.54, 1.807) is 11.3 Å². The summed E-state index contributed by atoms with van der Waals surface area (Å²) in [4.78, 5) is 19.9. The monoisotopic (exact) mass is 399 g/mol. The van der Waals surface area contributed by atoms with Gasteiger partial charge in [0, 0.05) is 35.3 Å². The van der Waals surface area contributed by atoms with Gasteiger partial charge in [0.15, 0.2) is 5.13 Å². The third-order valence-corrected chi connectivity index (χ3v) is 6.20. The molecule has 144 valence electrons. The fourth-order valence-corrected chi connectivity index (χ4v) is 4.63. The molecule has 1 saturated heterocycles. The highest BCUT2D eigenvalue weighted by Crippen LogP contribution is 2.30. The van der Waals surface area contributed by atoms with Crippen LogP contribution in [0.3, 0.4) is 0 Å². The molecule has 0 spiro atoms. The van der Waals surface area contributed by atoms with Crippen molar-refractivity contribution in [1.29, 1.82) is 0 Å². The quantitative estimate of drug-likeness (QED) is 0.471. The molecule has 1 N–H and O–H groups in total. The van der Waals surface area contributed by atoms with Crippen LogP contribution < -0.4 is 10.2 Å². The van der Waals surface area contributed by atoms with Crippen molar-refractivity contribution in [3.8, 4) is 11.3 Å². The number of carbonyl (C=O) groups is 1. The minimum Gasteiger partial charge on any atom is -0.348 e. The highest BCUT2D eigenvalue weighted by Gasteiger charge is 2.16. The smallest absolute Gasteiger partial charge is 0.255 e. The Morgan fingerprint density at radius 3 is 2.62 bits per heavy atom. The van der Waals surface area contributed by atoms with Gasteiger partial charge in [-0.3, -0.25) is 4.79 Å². The fourth-order valence-electron chi connectivity index (χ4n) is 3.74. The maximum Gasteiger partial charge on any atom is 0.255 e. The predicted molar refractivity (Wildman–Crippen MR) is 121 cm³/mol. The number of rotatable bonds is 4. The molecular formula is C24H21N3OS. The van der Waals surface area contributed by atoms with Crippen LogP contribution in [-0.4, -0.2) is 24.0 Å². The van der Waals surface area contributed by atoms with Crippen molar-refractivity contribution in [2.45, 2.75) is 12.8 Å². The zero-order valence-electron chi connectivity index (χ0n) is 16.0. The molecule has 5 rings (SSSR count). The van der Waals surface area contributed by atoms with Crippen LogP contribution in [0.15, 0.2) is 72.1 Å². The van der Waals surface area contributed by atoms with E-state index in [1.165, 1.54) is 12.8 Å². The zero-order chi connectivity index (χ0) is 19.6. The summed E-state index contributed by atoms with van der Waals surface area (Å²) < 4.78 is 0. The number of nitrogens with zero attached hydrogens (tertiary/aromatic N) is 2. The summed E-state index contributed by atoms with van der Waals surface area (Å²) in [7, 11) is 0. The van der Waals surface area contributed by atoms with Gasteiger partial charge >= 0.3 is 0 Å². The standard InChI is InChI=1S/C24H21N3OS/c28-23(20-11-10-17-6-1-2-7-18(17)14-20)25-21-9-5-8-19(15-21)22-16-29-24(26-22)27-12-3-4-13-27/h1-2,5-11,14-16H,3-4,12-13H2,(H,25,28). The number of thiazole rings is 1. The van der Waals surface area contributed by atoms with Crippen molar-refractivity contribution in [2.24, 2.45) is 0 Å². The van der Waals surface area contributed by atoms with Crippen LogP contribution in [0.5, 0.6) is 0 Å². The first kappa shape index (κ1) is 17.9. The van der Waals surface area contributed by atoms with Crippen LogP contribution in [0, 0.1) is 0 Å². The molecule has 29 heavy (non-hydrogen) atoms.